The highest BCUT2D eigenvalue weighted by molar-refractivity contribution is 6.32. The van der Waals surface area contributed by atoms with Crippen LogP contribution in [-0.2, 0) is 13.2 Å². The second-order valence-corrected chi connectivity index (χ2v) is 6.05. The van der Waals surface area contributed by atoms with Crippen LogP contribution in [0.1, 0.15) is 11.1 Å². The lowest BCUT2D eigenvalue weighted by Gasteiger charge is -2.15. The Morgan fingerprint density at radius 3 is 2.62 bits per heavy atom. The third-order valence-corrected chi connectivity index (χ3v) is 4.00. The van der Waals surface area contributed by atoms with E-state index in [1.54, 1.807) is 24.3 Å². The zero-order chi connectivity index (χ0) is 18.8. The number of methoxy groups -OCH3 is 1. The standard InChI is InChI=1S/C19H24ClFN2O3/c1-25-18-11-14(12-23-7-6-22-8-9-24)10-16(20)19(18)26-13-15-4-2-3-5-17(15)21/h2-5,10-11,22-24H,6-9,12-13H2,1H3. The highest BCUT2D eigenvalue weighted by Gasteiger charge is 2.13. The number of aliphatic hydroxyl groups is 1. The molecule has 0 saturated heterocycles. The van der Waals surface area contributed by atoms with Gasteiger partial charge in [-0.25, -0.2) is 4.39 Å². The van der Waals surface area contributed by atoms with Gasteiger partial charge in [0, 0.05) is 31.7 Å². The Morgan fingerprint density at radius 2 is 1.88 bits per heavy atom. The van der Waals surface area contributed by atoms with Crippen molar-refractivity contribution in [2.45, 2.75) is 13.2 Å². The molecule has 0 aliphatic carbocycles. The first-order valence-corrected chi connectivity index (χ1v) is 8.78. The molecule has 0 aromatic heterocycles. The molecule has 2 aromatic carbocycles. The predicted molar refractivity (Wildman–Crippen MR) is 100 cm³/mol. The summed E-state index contributed by atoms with van der Waals surface area (Å²) >= 11 is 6.33. The van der Waals surface area contributed by atoms with Crippen molar-refractivity contribution >= 4 is 11.6 Å². The minimum atomic E-state index is -0.321. The maximum absolute atomic E-state index is 13.7. The van der Waals surface area contributed by atoms with Crippen LogP contribution in [0.5, 0.6) is 11.5 Å². The molecule has 0 fully saturated rings. The first kappa shape index (κ1) is 20.5. The number of nitrogens with one attached hydrogen (secondary N) is 2. The summed E-state index contributed by atoms with van der Waals surface area (Å²) in [6, 6.07) is 10.1. The van der Waals surface area contributed by atoms with Gasteiger partial charge in [0.15, 0.2) is 11.5 Å². The van der Waals surface area contributed by atoms with Crippen molar-refractivity contribution in [3.8, 4) is 11.5 Å². The summed E-state index contributed by atoms with van der Waals surface area (Å²) in [6.45, 7) is 2.90. The lowest BCUT2D eigenvalue weighted by Crippen LogP contribution is -2.28. The second-order valence-electron chi connectivity index (χ2n) is 5.64. The second kappa shape index (κ2) is 11.0. The molecule has 7 heteroatoms. The Balaban J connectivity index is 1.96. The van der Waals surface area contributed by atoms with Gasteiger partial charge in [-0.3, -0.25) is 0 Å². The molecular weight excluding hydrogens is 359 g/mol. The summed E-state index contributed by atoms with van der Waals surface area (Å²) in [5.41, 5.74) is 1.40. The Labute approximate surface area is 158 Å². The van der Waals surface area contributed by atoms with Crippen molar-refractivity contribution in [1.82, 2.24) is 10.6 Å². The highest BCUT2D eigenvalue weighted by Crippen LogP contribution is 2.37. The van der Waals surface area contributed by atoms with E-state index in [0.717, 1.165) is 18.7 Å². The SMILES string of the molecule is COc1cc(CNCCNCCO)cc(Cl)c1OCc1ccccc1F. The van der Waals surface area contributed by atoms with E-state index in [4.69, 9.17) is 26.2 Å². The average molecular weight is 383 g/mol. The molecule has 0 spiro atoms. The third-order valence-electron chi connectivity index (χ3n) is 3.72. The molecule has 0 aliphatic heterocycles. The summed E-state index contributed by atoms with van der Waals surface area (Å²) in [5.74, 6) is 0.577. The van der Waals surface area contributed by atoms with E-state index in [0.29, 0.717) is 35.2 Å². The van der Waals surface area contributed by atoms with Gasteiger partial charge in [0.25, 0.3) is 0 Å². The van der Waals surface area contributed by atoms with E-state index >= 15 is 0 Å². The van der Waals surface area contributed by atoms with Crippen molar-refractivity contribution in [1.29, 1.82) is 0 Å². The summed E-state index contributed by atoms with van der Waals surface area (Å²) in [7, 11) is 1.54. The van der Waals surface area contributed by atoms with Crippen molar-refractivity contribution in [2.24, 2.45) is 0 Å². The Morgan fingerprint density at radius 1 is 1.12 bits per heavy atom. The van der Waals surface area contributed by atoms with Crippen LogP contribution in [0.4, 0.5) is 4.39 Å². The van der Waals surface area contributed by atoms with E-state index in [9.17, 15) is 4.39 Å². The molecule has 3 N–H and O–H groups in total. The van der Waals surface area contributed by atoms with Crippen LogP contribution in [0.3, 0.4) is 0 Å². The lowest BCUT2D eigenvalue weighted by molar-refractivity contribution is 0.279. The maximum Gasteiger partial charge on any atom is 0.180 e. The molecule has 0 aliphatic rings. The topological polar surface area (TPSA) is 62.8 Å². The normalized spacial score (nSPS) is 10.8. The van der Waals surface area contributed by atoms with Gasteiger partial charge in [0.1, 0.15) is 12.4 Å². The van der Waals surface area contributed by atoms with Crippen LogP contribution in [-0.4, -0.2) is 38.5 Å². The van der Waals surface area contributed by atoms with Gasteiger partial charge in [-0.2, -0.15) is 0 Å². The van der Waals surface area contributed by atoms with E-state index in [2.05, 4.69) is 10.6 Å². The molecule has 0 heterocycles. The van der Waals surface area contributed by atoms with Gasteiger partial charge in [-0.1, -0.05) is 29.8 Å². The first-order chi connectivity index (χ1) is 12.7. The van der Waals surface area contributed by atoms with Gasteiger partial charge < -0.3 is 25.2 Å². The number of aliphatic hydroxyl groups excluding tert-OH is 1. The van der Waals surface area contributed by atoms with Crippen LogP contribution in [0, 0.1) is 5.82 Å². The van der Waals surface area contributed by atoms with Gasteiger partial charge in [0.05, 0.1) is 18.7 Å². The monoisotopic (exact) mass is 382 g/mol. The van der Waals surface area contributed by atoms with Gasteiger partial charge >= 0.3 is 0 Å². The minimum absolute atomic E-state index is 0.0663. The van der Waals surface area contributed by atoms with Gasteiger partial charge in [-0.15, -0.1) is 0 Å². The first-order valence-electron chi connectivity index (χ1n) is 8.40. The zero-order valence-electron chi connectivity index (χ0n) is 14.7. The van der Waals surface area contributed by atoms with Crippen LogP contribution < -0.4 is 20.1 Å². The third kappa shape index (κ3) is 6.14. The summed E-state index contributed by atoms with van der Waals surface area (Å²) in [4.78, 5) is 0. The molecule has 0 bridgehead atoms. The molecule has 0 saturated carbocycles. The van der Waals surface area contributed by atoms with E-state index in [1.165, 1.54) is 13.2 Å². The zero-order valence-corrected chi connectivity index (χ0v) is 15.5. The Hall–Kier alpha value is -1.86. The van der Waals surface area contributed by atoms with Crippen LogP contribution in [0.2, 0.25) is 5.02 Å². The summed E-state index contributed by atoms with van der Waals surface area (Å²) in [6.07, 6.45) is 0. The molecule has 2 aromatic rings. The van der Waals surface area contributed by atoms with Crippen LogP contribution in [0.15, 0.2) is 36.4 Å². The number of rotatable bonds is 11. The van der Waals surface area contributed by atoms with E-state index in [-0.39, 0.29) is 19.0 Å². The number of benzene rings is 2. The van der Waals surface area contributed by atoms with Crippen LogP contribution >= 0.6 is 11.6 Å². The van der Waals surface area contributed by atoms with Crippen molar-refractivity contribution in [2.75, 3.05) is 33.4 Å². The highest BCUT2D eigenvalue weighted by atomic mass is 35.5. The molecular formula is C19H24ClFN2O3. The fourth-order valence-electron chi connectivity index (χ4n) is 2.39. The quantitative estimate of drug-likeness (QED) is 0.522. The predicted octanol–water partition coefficient (Wildman–Crippen LogP) is 2.74. The smallest absolute Gasteiger partial charge is 0.180 e. The minimum Gasteiger partial charge on any atom is -0.493 e. The van der Waals surface area contributed by atoms with Crippen molar-refractivity contribution in [3.63, 3.8) is 0 Å². The number of halogens is 2. The fraction of sp³-hybridized carbons (Fsp3) is 0.368. The van der Waals surface area contributed by atoms with E-state index < -0.39 is 0 Å². The van der Waals surface area contributed by atoms with E-state index in [1.807, 2.05) is 6.07 Å². The molecule has 0 atom stereocenters. The summed E-state index contributed by atoms with van der Waals surface area (Å²) < 4.78 is 24.8. The molecule has 0 amide bonds. The number of ether oxygens (including phenoxy) is 2. The van der Waals surface area contributed by atoms with Gasteiger partial charge in [0.2, 0.25) is 0 Å². The Bertz CT molecular complexity index is 700. The largest absolute Gasteiger partial charge is 0.493 e. The number of hydrogen-bond acceptors (Lipinski definition) is 5. The number of hydrogen-bond donors (Lipinski definition) is 3. The summed E-state index contributed by atoms with van der Waals surface area (Å²) in [5, 5.41) is 15.5. The average Bonchev–Trinajstić information content (AvgIpc) is 2.64. The molecule has 26 heavy (non-hydrogen) atoms. The maximum atomic E-state index is 13.7. The molecule has 0 unspecified atom stereocenters. The Kier molecular flexibility index (Phi) is 8.64. The van der Waals surface area contributed by atoms with Crippen molar-refractivity contribution in [3.05, 3.63) is 58.4 Å². The lowest BCUT2D eigenvalue weighted by atomic mass is 10.2. The van der Waals surface area contributed by atoms with Gasteiger partial charge in [-0.05, 0) is 23.8 Å². The molecule has 2 rings (SSSR count). The molecule has 5 nitrogen and oxygen atoms in total. The molecule has 142 valence electrons. The molecule has 0 radical (unpaired) electrons. The fourth-order valence-corrected chi connectivity index (χ4v) is 2.68. The van der Waals surface area contributed by atoms with Crippen molar-refractivity contribution < 1.29 is 19.0 Å². The van der Waals surface area contributed by atoms with Crippen LogP contribution in [0.25, 0.3) is 0 Å².